The average molecular weight is 195 g/mol. The van der Waals surface area contributed by atoms with Crippen LogP contribution in [0.2, 0.25) is 0 Å². The van der Waals surface area contributed by atoms with Crippen LogP contribution in [0.25, 0.3) is 0 Å². The quantitative estimate of drug-likeness (QED) is 0.402. The van der Waals surface area contributed by atoms with Gasteiger partial charge in [0.15, 0.2) is 0 Å². The van der Waals surface area contributed by atoms with E-state index in [1.807, 2.05) is 6.92 Å². The van der Waals surface area contributed by atoms with E-state index in [0.717, 1.165) is 31.3 Å². The van der Waals surface area contributed by atoms with E-state index in [9.17, 15) is 4.79 Å². The molecule has 14 heavy (non-hydrogen) atoms. The zero-order valence-corrected chi connectivity index (χ0v) is 8.84. The molecule has 0 amide bonds. The van der Waals surface area contributed by atoms with Gasteiger partial charge >= 0.3 is 5.97 Å². The van der Waals surface area contributed by atoms with Gasteiger partial charge in [-0.05, 0) is 24.8 Å². The zero-order valence-electron chi connectivity index (χ0n) is 8.84. The van der Waals surface area contributed by atoms with Crippen LogP contribution in [-0.4, -0.2) is 11.1 Å². The van der Waals surface area contributed by atoms with Crippen LogP contribution in [0.4, 0.5) is 0 Å². The highest BCUT2D eigenvalue weighted by Crippen LogP contribution is 2.16. The number of nitriles is 1. The van der Waals surface area contributed by atoms with E-state index in [0.29, 0.717) is 6.42 Å². The van der Waals surface area contributed by atoms with Gasteiger partial charge in [0.2, 0.25) is 0 Å². The Morgan fingerprint density at radius 1 is 1.36 bits per heavy atom. The lowest BCUT2D eigenvalue weighted by Crippen LogP contribution is -2.02. The normalized spacial score (nSPS) is 11.8. The van der Waals surface area contributed by atoms with Crippen LogP contribution in [0.3, 0.4) is 0 Å². The van der Waals surface area contributed by atoms with Crippen molar-refractivity contribution in [3.05, 3.63) is 11.1 Å². The van der Waals surface area contributed by atoms with Crippen LogP contribution >= 0.6 is 0 Å². The second-order valence-electron chi connectivity index (χ2n) is 3.21. The largest absolute Gasteiger partial charge is 0.477 e. The zero-order chi connectivity index (χ0) is 11.0. The first-order chi connectivity index (χ1) is 6.67. The van der Waals surface area contributed by atoms with Crippen molar-refractivity contribution in [3.63, 3.8) is 0 Å². The van der Waals surface area contributed by atoms with Crippen molar-refractivity contribution in [2.45, 2.75) is 46.0 Å². The Hall–Kier alpha value is -1.30. The third-order valence-electron chi connectivity index (χ3n) is 2.19. The summed E-state index contributed by atoms with van der Waals surface area (Å²) < 4.78 is 0. The molecule has 0 aliphatic carbocycles. The van der Waals surface area contributed by atoms with Gasteiger partial charge in [0.1, 0.15) is 11.6 Å². The Kier molecular flexibility index (Phi) is 6.47. The summed E-state index contributed by atoms with van der Waals surface area (Å²) >= 11 is 0. The predicted octanol–water partition coefficient (Wildman–Crippen LogP) is 2.88. The predicted molar refractivity (Wildman–Crippen MR) is 54.7 cm³/mol. The molecule has 78 valence electrons. The maximum atomic E-state index is 10.7. The molecule has 1 N–H and O–H groups in total. The number of hydrogen-bond acceptors (Lipinski definition) is 2. The fraction of sp³-hybridized carbons (Fsp3) is 0.636. The summed E-state index contributed by atoms with van der Waals surface area (Å²) in [4.78, 5) is 10.7. The molecule has 0 saturated heterocycles. The number of carboxylic acids is 1. The highest BCUT2D eigenvalue weighted by Gasteiger charge is 2.11. The van der Waals surface area contributed by atoms with E-state index in [2.05, 4.69) is 6.92 Å². The smallest absolute Gasteiger partial charge is 0.346 e. The van der Waals surface area contributed by atoms with Gasteiger partial charge < -0.3 is 5.11 Å². The summed E-state index contributed by atoms with van der Waals surface area (Å²) in [5, 5.41) is 17.4. The van der Waals surface area contributed by atoms with Crippen molar-refractivity contribution in [1.82, 2.24) is 0 Å². The van der Waals surface area contributed by atoms with Crippen molar-refractivity contribution in [3.8, 4) is 6.07 Å². The highest BCUT2D eigenvalue weighted by molar-refractivity contribution is 5.91. The Balaban J connectivity index is 4.49. The Bertz CT molecular complexity index is 261. The van der Waals surface area contributed by atoms with Crippen molar-refractivity contribution in [2.75, 3.05) is 0 Å². The molecule has 0 heterocycles. The van der Waals surface area contributed by atoms with Gasteiger partial charge in [-0.15, -0.1) is 0 Å². The van der Waals surface area contributed by atoms with Gasteiger partial charge in [0, 0.05) is 0 Å². The Morgan fingerprint density at radius 3 is 2.36 bits per heavy atom. The number of unbranched alkanes of at least 4 members (excludes halogenated alkanes) is 2. The van der Waals surface area contributed by atoms with Gasteiger partial charge in [0.25, 0.3) is 0 Å². The van der Waals surface area contributed by atoms with E-state index in [-0.39, 0.29) is 5.57 Å². The third-order valence-corrected chi connectivity index (χ3v) is 2.19. The molecule has 0 aromatic carbocycles. The summed E-state index contributed by atoms with van der Waals surface area (Å²) in [6.45, 7) is 3.99. The molecule has 0 spiro atoms. The Labute approximate surface area is 85.0 Å². The maximum Gasteiger partial charge on any atom is 0.346 e. The van der Waals surface area contributed by atoms with E-state index in [4.69, 9.17) is 10.4 Å². The maximum absolute atomic E-state index is 10.7. The minimum atomic E-state index is -1.10. The summed E-state index contributed by atoms with van der Waals surface area (Å²) in [5.74, 6) is -1.10. The van der Waals surface area contributed by atoms with Gasteiger partial charge in [-0.3, -0.25) is 0 Å². The second kappa shape index (κ2) is 7.14. The standard InChI is InChI=1S/C11H17NO2/c1-3-5-6-7-9(4-2)10(8-12)11(13)14/h3-7H2,1-2H3,(H,13,14). The summed E-state index contributed by atoms with van der Waals surface area (Å²) in [6, 6.07) is 1.76. The fourth-order valence-corrected chi connectivity index (χ4v) is 1.35. The topological polar surface area (TPSA) is 61.1 Å². The first kappa shape index (κ1) is 12.7. The molecule has 0 aromatic heterocycles. The molecule has 0 aliphatic rings. The molecule has 0 rings (SSSR count). The fourth-order valence-electron chi connectivity index (χ4n) is 1.35. The number of carboxylic acid groups (broad SMARTS) is 1. The molecular weight excluding hydrogens is 178 g/mol. The third kappa shape index (κ3) is 4.08. The summed E-state index contributed by atoms with van der Waals surface area (Å²) in [6.07, 6.45) is 4.55. The molecule has 0 unspecified atom stereocenters. The molecule has 0 aliphatic heterocycles. The monoisotopic (exact) mass is 195 g/mol. The highest BCUT2D eigenvalue weighted by atomic mass is 16.4. The number of carbonyl (C=O) groups is 1. The summed E-state index contributed by atoms with van der Waals surface area (Å²) in [7, 11) is 0. The number of hydrogen-bond donors (Lipinski definition) is 1. The molecular formula is C11H17NO2. The molecule has 0 radical (unpaired) electrons. The summed E-state index contributed by atoms with van der Waals surface area (Å²) in [5.41, 5.74) is 0.706. The molecule has 3 nitrogen and oxygen atoms in total. The lowest BCUT2D eigenvalue weighted by molar-refractivity contribution is -0.132. The number of aliphatic carboxylic acids is 1. The second-order valence-corrected chi connectivity index (χ2v) is 3.21. The molecule has 0 saturated carbocycles. The minimum Gasteiger partial charge on any atom is -0.477 e. The van der Waals surface area contributed by atoms with Gasteiger partial charge in [0.05, 0.1) is 0 Å². The molecule has 3 heteroatoms. The van der Waals surface area contributed by atoms with Crippen molar-refractivity contribution >= 4 is 5.97 Å². The van der Waals surface area contributed by atoms with Crippen molar-refractivity contribution in [1.29, 1.82) is 5.26 Å². The van der Waals surface area contributed by atoms with E-state index >= 15 is 0 Å². The van der Waals surface area contributed by atoms with E-state index < -0.39 is 5.97 Å². The number of allylic oxidation sites excluding steroid dienone is 1. The van der Waals surface area contributed by atoms with Crippen LogP contribution in [0.1, 0.15) is 46.0 Å². The molecule has 0 bridgehead atoms. The van der Waals surface area contributed by atoms with Gasteiger partial charge in [-0.25, -0.2) is 4.79 Å². The van der Waals surface area contributed by atoms with Crippen molar-refractivity contribution < 1.29 is 9.90 Å². The lowest BCUT2D eigenvalue weighted by atomic mass is 10.00. The van der Waals surface area contributed by atoms with Crippen LogP contribution in [0.15, 0.2) is 11.1 Å². The van der Waals surface area contributed by atoms with Crippen LogP contribution in [0.5, 0.6) is 0 Å². The average Bonchev–Trinajstić information content (AvgIpc) is 2.16. The number of nitrogens with zero attached hydrogens (tertiary/aromatic N) is 1. The van der Waals surface area contributed by atoms with E-state index in [1.165, 1.54) is 0 Å². The van der Waals surface area contributed by atoms with Crippen molar-refractivity contribution in [2.24, 2.45) is 0 Å². The number of rotatable bonds is 6. The van der Waals surface area contributed by atoms with Crippen LogP contribution in [-0.2, 0) is 4.79 Å². The van der Waals surface area contributed by atoms with Gasteiger partial charge in [-0.1, -0.05) is 26.7 Å². The molecule has 0 fully saturated rings. The van der Waals surface area contributed by atoms with E-state index in [1.54, 1.807) is 6.07 Å². The Morgan fingerprint density at radius 2 is 2.00 bits per heavy atom. The molecule has 0 atom stereocenters. The SMILES string of the molecule is CCCCCC(CC)=C(C#N)C(=O)O. The molecule has 0 aromatic rings. The first-order valence-electron chi connectivity index (χ1n) is 5.02. The van der Waals surface area contributed by atoms with Gasteiger partial charge in [-0.2, -0.15) is 5.26 Å². The lowest BCUT2D eigenvalue weighted by Gasteiger charge is -2.04. The minimum absolute atomic E-state index is 0.0661. The first-order valence-corrected chi connectivity index (χ1v) is 5.02. The van der Waals surface area contributed by atoms with Crippen LogP contribution < -0.4 is 0 Å². The van der Waals surface area contributed by atoms with Crippen LogP contribution in [0, 0.1) is 11.3 Å².